The monoisotopic (exact) mass is 220 g/mol. The predicted molar refractivity (Wildman–Crippen MR) is 64.0 cm³/mol. The van der Waals surface area contributed by atoms with Crippen molar-refractivity contribution in [2.45, 2.75) is 38.6 Å². The van der Waals surface area contributed by atoms with Crippen LogP contribution in [0, 0.1) is 0 Å². The highest BCUT2D eigenvalue weighted by molar-refractivity contribution is 5.76. The van der Waals surface area contributed by atoms with Crippen molar-refractivity contribution in [3.05, 3.63) is 24.0 Å². The molecule has 1 amide bonds. The van der Waals surface area contributed by atoms with Gasteiger partial charge in [-0.15, -0.1) is 0 Å². The third-order valence-electron chi connectivity index (χ3n) is 3.36. The van der Waals surface area contributed by atoms with E-state index in [1.807, 2.05) is 0 Å². The van der Waals surface area contributed by atoms with E-state index in [0.717, 1.165) is 25.8 Å². The third kappa shape index (κ3) is 1.99. The van der Waals surface area contributed by atoms with Crippen LogP contribution in [-0.4, -0.2) is 21.9 Å². The zero-order valence-corrected chi connectivity index (χ0v) is 10.1. The molecule has 2 rings (SSSR count). The highest BCUT2D eigenvalue weighted by atomic mass is 16.2. The average molecular weight is 220 g/mol. The van der Waals surface area contributed by atoms with Crippen molar-refractivity contribution in [2.24, 2.45) is 7.05 Å². The van der Waals surface area contributed by atoms with E-state index in [-0.39, 0.29) is 0 Å². The van der Waals surface area contributed by atoms with Crippen LogP contribution in [0.15, 0.2) is 18.3 Å². The number of likely N-dealkylation sites (tertiary alicyclic amines) is 1. The Labute approximate surface area is 97.1 Å². The first kappa shape index (κ1) is 11.2. The summed E-state index contributed by atoms with van der Waals surface area (Å²) in [7, 11) is 2.05. The lowest BCUT2D eigenvalue weighted by Crippen LogP contribution is -2.31. The van der Waals surface area contributed by atoms with Crippen molar-refractivity contribution in [3.63, 3.8) is 0 Å². The number of carbonyl (C=O) groups excluding carboxylic acids is 1. The van der Waals surface area contributed by atoms with E-state index in [4.69, 9.17) is 0 Å². The molecule has 0 spiro atoms. The third-order valence-corrected chi connectivity index (χ3v) is 3.36. The highest BCUT2D eigenvalue weighted by Crippen LogP contribution is 2.32. The van der Waals surface area contributed by atoms with Gasteiger partial charge in [-0.1, -0.05) is 6.92 Å². The van der Waals surface area contributed by atoms with Gasteiger partial charge in [0.15, 0.2) is 0 Å². The van der Waals surface area contributed by atoms with Crippen LogP contribution in [0.3, 0.4) is 0 Å². The number of hydrogen-bond acceptors (Lipinski definition) is 1. The minimum atomic E-state index is 0.305. The van der Waals surface area contributed by atoms with Crippen LogP contribution in [0.25, 0.3) is 0 Å². The number of amides is 1. The maximum absolute atomic E-state index is 12.0. The van der Waals surface area contributed by atoms with Gasteiger partial charge in [-0.25, -0.2) is 0 Å². The van der Waals surface area contributed by atoms with E-state index in [1.165, 1.54) is 5.69 Å². The van der Waals surface area contributed by atoms with Crippen LogP contribution in [0.2, 0.25) is 0 Å². The Morgan fingerprint density at radius 3 is 3.00 bits per heavy atom. The highest BCUT2D eigenvalue weighted by Gasteiger charge is 2.30. The molecule has 1 fully saturated rings. The summed E-state index contributed by atoms with van der Waals surface area (Å²) in [6, 6.07) is 4.48. The minimum Gasteiger partial charge on any atom is -0.353 e. The SMILES string of the molecule is CCCC(=O)N1CCCC1c1cccn1C. The fraction of sp³-hybridized carbons (Fsp3) is 0.615. The standard InChI is InChI=1S/C13H20N2O/c1-3-6-13(16)15-10-5-8-12(15)11-7-4-9-14(11)2/h4,7,9,12H,3,5-6,8,10H2,1-2H3. The largest absolute Gasteiger partial charge is 0.353 e. The fourth-order valence-electron chi connectivity index (χ4n) is 2.55. The molecule has 2 heterocycles. The molecule has 0 N–H and O–H groups in total. The van der Waals surface area contributed by atoms with E-state index in [1.54, 1.807) is 0 Å². The Morgan fingerprint density at radius 2 is 2.38 bits per heavy atom. The van der Waals surface area contributed by atoms with Crippen molar-refractivity contribution in [2.75, 3.05) is 6.54 Å². The summed E-state index contributed by atoms with van der Waals surface area (Å²) < 4.78 is 2.13. The molecule has 1 aromatic rings. The first-order chi connectivity index (χ1) is 7.74. The molecule has 88 valence electrons. The molecule has 16 heavy (non-hydrogen) atoms. The normalized spacial score (nSPS) is 20.4. The van der Waals surface area contributed by atoms with E-state index in [0.29, 0.717) is 18.4 Å². The fourth-order valence-corrected chi connectivity index (χ4v) is 2.55. The summed E-state index contributed by atoms with van der Waals surface area (Å²) in [5.74, 6) is 0.311. The van der Waals surface area contributed by atoms with Crippen LogP contribution < -0.4 is 0 Å². The van der Waals surface area contributed by atoms with Crippen LogP contribution >= 0.6 is 0 Å². The minimum absolute atomic E-state index is 0.305. The molecular weight excluding hydrogens is 200 g/mol. The molecule has 0 radical (unpaired) electrons. The summed E-state index contributed by atoms with van der Waals surface area (Å²) in [5, 5.41) is 0. The molecule has 1 saturated heterocycles. The lowest BCUT2D eigenvalue weighted by molar-refractivity contribution is -0.132. The van der Waals surface area contributed by atoms with Gasteiger partial charge in [0.1, 0.15) is 0 Å². The van der Waals surface area contributed by atoms with Crippen LogP contribution in [0.4, 0.5) is 0 Å². The van der Waals surface area contributed by atoms with Gasteiger partial charge in [-0.3, -0.25) is 4.79 Å². The lowest BCUT2D eigenvalue weighted by Gasteiger charge is -2.25. The average Bonchev–Trinajstić information content (AvgIpc) is 2.85. The second kappa shape index (κ2) is 4.73. The molecule has 1 aliphatic rings. The molecule has 1 aromatic heterocycles. The summed E-state index contributed by atoms with van der Waals surface area (Å²) in [6.45, 7) is 2.99. The molecule has 1 atom stereocenters. The van der Waals surface area contributed by atoms with Gasteiger partial charge in [0.2, 0.25) is 5.91 Å². The molecule has 3 nitrogen and oxygen atoms in total. The number of aromatic nitrogens is 1. The number of hydrogen-bond donors (Lipinski definition) is 0. The quantitative estimate of drug-likeness (QED) is 0.768. The van der Waals surface area contributed by atoms with Crippen molar-refractivity contribution in [1.29, 1.82) is 0 Å². The Balaban J connectivity index is 2.15. The Morgan fingerprint density at radius 1 is 1.56 bits per heavy atom. The van der Waals surface area contributed by atoms with Crippen LogP contribution in [0.1, 0.15) is 44.3 Å². The Hall–Kier alpha value is -1.25. The first-order valence-electron chi connectivity index (χ1n) is 6.14. The Kier molecular flexibility index (Phi) is 3.32. The van der Waals surface area contributed by atoms with Gasteiger partial charge in [0.25, 0.3) is 0 Å². The van der Waals surface area contributed by atoms with Crippen molar-refractivity contribution >= 4 is 5.91 Å². The van der Waals surface area contributed by atoms with Gasteiger partial charge in [0.05, 0.1) is 6.04 Å². The number of aryl methyl sites for hydroxylation is 1. The van der Waals surface area contributed by atoms with Crippen LogP contribution in [-0.2, 0) is 11.8 Å². The molecular formula is C13H20N2O. The van der Waals surface area contributed by atoms with E-state index in [9.17, 15) is 4.79 Å². The summed E-state index contributed by atoms with van der Waals surface area (Å²) in [5.41, 5.74) is 1.27. The smallest absolute Gasteiger partial charge is 0.223 e. The summed E-state index contributed by atoms with van der Waals surface area (Å²) >= 11 is 0. The van der Waals surface area contributed by atoms with Crippen molar-refractivity contribution in [3.8, 4) is 0 Å². The lowest BCUT2D eigenvalue weighted by atomic mass is 10.1. The van der Waals surface area contributed by atoms with Gasteiger partial charge in [0, 0.05) is 31.9 Å². The van der Waals surface area contributed by atoms with Crippen molar-refractivity contribution < 1.29 is 4.79 Å². The van der Waals surface area contributed by atoms with Gasteiger partial charge >= 0.3 is 0 Å². The molecule has 1 aliphatic heterocycles. The van der Waals surface area contributed by atoms with Crippen molar-refractivity contribution in [1.82, 2.24) is 9.47 Å². The Bertz CT molecular complexity index is 370. The molecule has 0 aliphatic carbocycles. The van der Waals surface area contributed by atoms with Gasteiger partial charge in [-0.05, 0) is 31.4 Å². The summed E-state index contributed by atoms with van der Waals surface area (Å²) in [6.07, 6.45) is 5.91. The second-order valence-corrected chi connectivity index (χ2v) is 4.54. The molecule has 0 aromatic carbocycles. The molecule has 0 bridgehead atoms. The maximum Gasteiger partial charge on any atom is 0.223 e. The topological polar surface area (TPSA) is 25.2 Å². The van der Waals surface area contributed by atoms with E-state index in [2.05, 4.69) is 41.8 Å². The number of rotatable bonds is 3. The van der Waals surface area contributed by atoms with Gasteiger partial charge < -0.3 is 9.47 Å². The number of carbonyl (C=O) groups is 1. The van der Waals surface area contributed by atoms with E-state index >= 15 is 0 Å². The van der Waals surface area contributed by atoms with E-state index < -0.39 is 0 Å². The zero-order chi connectivity index (χ0) is 11.5. The molecule has 1 unspecified atom stereocenters. The maximum atomic E-state index is 12.0. The number of nitrogens with zero attached hydrogens (tertiary/aromatic N) is 2. The second-order valence-electron chi connectivity index (χ2n) is 4.54. The zero-order valence-electron chi connectivity index (χ0n) is 10.1. The predicted octanol–water partition coefficient (Wildman–Crippen LogP) is 2.49. The first-order valence-corrected chi connectivity index (χ1v) is 6.14. The molecule has 0 saturated carbocycles. The summed E-state index contributed by atoms with van der Waals surface area (Å²) in [4.78, 5) is 14.0. The van der Waals surface area contributed by atoms with Crippen LogP contribution in [0.5, 0.6) is 0 Å². The van der Waals surface area contributed by atoms with Gasteiger partial charge in [-0.2, -0.15) is 0 Å². The molecule has 3 heteroatoms.